The Morgan fingerprint density at radius 1 is 0.471 bits per heavy atom. The van der Waals surface area contributed by atoms with Crippen molar-refractivity contribution < 1.29 is 32.9 Å². The molecule has 0 fully saturated rings. The molecule has 5 heteroatoms. The molecule has 0 saturated heterocycles. The van der Waals surface area contributed by atoms with Crippen LogP contribution in [-0.2, 0) is 0 Å². The van der Waals surface area contributed by atoms with Gasteiger partial charge in [0, 0.05) is 48.6 Å². The van der Waals surface area contributed by atoms with Crippen molar-refractivity contribution in [2.45, 2.75) is 0 Å². The third-order valence-corrected chi connectivity index (χ3v) is 9.68. The Kier molecular flexibility index (Phi) is 2.93. The van der Waals surface area contributed by atoms with E-state index in [9.17, 15) is 2.74 Å². The predicted molar refractivity (Wildman–Crippen MR) is 214 cm³/mol. The number of benzene rings is 7. The molecule has 4 heterocycles. The molecule has 238 valence electrons. The van der Waals surface area contributed by atoms with Crippen LogP contribution >= 0.6 is 11.3 Å². The lowest BCUT2D eigenvalue weighted by Crippen LogP contribution is -1.95. The fourth-order valence-electron chi connectivity index (χ4n) is 6.35. The second kappa shape index (κ2) is 11.0. The second-order valence-corrected chi connectivity index (χ2v) is 12.3. The molecule has 4 nitrogen and oxygen atoms in total. The van der Waals surface area contributed by atoms with Gasteiger partial charge in [-0.2, -0.15) is 0 Å². The van der Waals surface area contributed by atoms with Gasteiger partial charge in [-0.05, 0) is 71.6 Å². The van der Waals surface area contributed by atoms with E-state index in [0.29, 0.717) is 10.1 Å². The molecule has 0 aliphatic carbocycles. The zero-order valence-electron chi connectivity index (χ0n) is 49.5. The Balaban J connectivity index is 1.18. The maximum absolute atomic E-state index is 9.70. The Bertz CT molecular complexity index is 4390. The minimum absolute atomic E-state index is 0.0915. The molecular weight excluding hydrogens is 641 g/mol. The first-order valence-electron chi connectivity index (χ1n) is 27.2. The summed E-state index contributed by atoms with van der Waals surface area (Å²) in [5.41, 5.74) is -3.20. The lowest BCUT2D eigenvalue weighted by Gasteiger charge is -2.10. The summed E-state index contributed by atoms with van der Waals surface area (Å²) >= 11 is 1.05. The monoisotopic (exact) mass is 692 g/mol. The van der Waals surface area contributed by atoms with Crippen molar-refractivity contribution in [1.29, 1.82) is 0 Å². The van der Waals surface area contributed by atoms with Gasteiger partial charge in [-0.15, -0.1) is 11.3 Å². The molecule has 11 rings (SSSR count). The first kappa shape index (κ1) is 13.6. The molecule has 4 aromatic heterocycles. The summed E-state index contributed by atoms with van der Waals surface area (Å²) in [4.78, 5) is 8.95. The summed E-state index contributed by atoms with van der Waals surface area (Å²) in [6, 6.07) is -12.4. The van der Waals surface area contributed by atoms with Crippen molar-refractivity contribution in [2.24, 2.45) is 0 Å². The quantitative estimate of drug-likeness (QED) is 0.184. The minimum atomic E-state index is -0.787. The molecule has 7 aromatic carbocycles. The lowest BCUT2D eigenvalue weighted by molar-refractivity contribution is 1.18. The number of para-hydroxylation sites is 4. The van der Waals surface area contributed by atoms with Crippen LogP contribution in [0.15, 0.2) is 170 Å². The number of thiophene rings is 1. The Hall–Kier alpha value is -6.56. The molecule has 51 heavy (non-hydrogen) atoms. The molecule has 0 saturated carbocycles. The van der Waals surface area contributed by atoms with Gasteiger partial charge in [-0.1, -0.05) is 103 Å². The molecule has 0 spiro atoms. The van der Waals surface area contributed by atoms with E-state index in [0.717, 1.165) is 26.8 Å². The molecule has 0 bridgehead atoms. The van der Waals surface area contributed by atoms with Gasteiger partial charge in [0.25, 0.3) is 0 Å². The average molecular weight is 693 g/mol. The smallest absolute Gasteiger partial charge is 0.116 e. The van der Waals surface area contributed by atoms with Gasteiger partial charge in [-0.25, -0.2) is 9.97 Å². The largest absolute Gasteiger partial charge is 0.309 e. The van der Waals surface area contributed by atoms with Gasteiger partial charge in [0.1, 0.15) is 6.33 Å². The molecule has 0 amide bonds. The van der Waals surface area contributed by atoms with Crippen molar-refractivity contribution in [3.8, 4) is 33.8 Å². The van der Waals surface area contributed by atoms with Gasteiger partial charge in [0.2, 0.25) is 0 Å². The maximum Gasteiger partial charge on any atom is 0.116 e. The van der Waals surface area contributed by atoms with Crippen molar-refractivity contribution in [2.75, 3.05) is 0 Å². The van der Waals surface area contributed by atoms with Crippen LogP contribution in [0, 0.1) is 0 Å². The normalized spacial score (nSPS) is 18.5. The summed E-state index contributed by atoms with van der Waals surface area (Å²) in [5, 5.41) is -0.987. The number of nitrogens with zero attached hydrogens (tertiary/aromatic N) is 4. The van der Waals surface area contributed by atoms with Gasteiger partial charge < -0.3 is 9.13 Å². The number of hydrogen-bond acceptors (Lipinski definition) is 3. The van der Waals surface area contributed by atoms with E-state index in [4.69, 9.17) is 30.2 Å². The summed E-state index contributed by atoms with van der Waals surface area (Å²) in [6.45, 7) is 0. The SMILES string of the molecule is [2H]c1c([2H])c(-c2ccc3sc4c(-c5c([2H])c([2H])c([2H])c(-n6c7c([2H])c([2H])c([2H])c([2H])c7c7c([2H])c([2H])c([2H])c([2H])c76)c5[2H])ncnc4c3c2)c([2H])c(-n2c3c([2H])c([2H])c([2H])c([2H])c3c3c([2H])c([2H])c([2H])c([2H])c32)c1[2H]. The average Bonchev–Trinajstić information content (AvgIpc) is 4.06. The summed E-state index contributed by atoms with van der Waals surface area (Å²) in [7, 11) is 0. The first-order chi connectivity index (χ1) is 35.3. The summed E-state index contributed by atoms with van der Waals surface area (Å²) in [5.74, 6) is 0. The highest BCUT2D eigenvalue weighted by atomic mass is 32.1. The Morgan fingerprint density at radius 3 is 1.55 bits per heavy atom. The van der Waals surface area contributed by atoms with Gasteiger partial charge >= 0.3 is 0 Å². The third-order valence-electron chi connectivity index (χ3n) is 8.51. The van der Waals surface area contributed by atoms with E-state index in [-0.39, 0.29) is 54.1 Å². The molecule has 0 N–H and O–H groups in total. The molecule has 0 aliphatic rings. The van der Waals surface area contributed by atoms with Crippen LogP contribution in [-0.4, -0.2) is 19.1 Å². The van der Waals surface area contributed by atoms with Crippen molar-refractivity contribution >= 4 is 75.3 Å². The van der Waals surface area contributed by atoms with Crippen LogP contribution in [0.5, 0.6) is 0 Å². The van der Waals surface area contributed by atoms with Gasteiger partial charge in [-0.3, -0.25) is 0 Å². The highest BCUT2D eigenvalue weighted by Crippen LogP contribution is 2.41. The van der Waals surface area contributed by atoms with E-state index in [1.807, 2.05) is 0 Å². The van der Waals surface area contributed by atoms with E-state index in [1.165, 1.54) is 12.1 Å². The molecular formula is C46H28N4S. The number of hydrogen-bond donors (Lipinski definition) is 0. The van der Waals surface area contributed by atoms with Crippen LogP contribution in [0.25, 0.3) is 97.7 Å². The Morgan fingerprint density at radius 2 is 0.980 bits per heavy atom. The van der Waals surface area contributed by atoms with E-state index < -0.39 is 178 Å². The van der Waals surface area contributed by atoms with Crippen molar-refractivity contribution in [3.05, 3.63) is 170 Å². The van der Waals surface area contributed by atoms with Crippen molar-refractivity contribution in [1.82, 2.24) is 19.1 Å². The highest BCUT2D eigenvalue weighted by molar-refractivity contribution is 7.26. The predicted octanol–water partition coefficient (Wildman–Crippen LogP) is 12.4. The van der Waals surface area contributed by atoms with Gasteiger partial charge in [0.05, 0.1) is 70.9 Å². The number of aromatic nitrogens is 4. The summed E-state index contributed by atoms with van der Waals surface area (Å²) in [6.07, 6.45) is 1.09. The van der Waals surface area contributed by atoms with Crippen molar-refractivity contribution in [3.63, 3.8) is 0 Å². The molecule has 0 unspecified atom stereocenters. The van der Waals surface area contributed by atoms with Crippen LogP contribution < -0.4 is 0 Å². The molecule has 0 radical (unpaired) electrons. The zero-order chi connectivity index (χ0) is 54.4. The zero-order valence-corrected chi connectivity index (χ0v) is 26.3. The molecule has 0 atom stereocenters. The van der Waals surface area contributed by atoms with Gasteiger partial charge in [0.15, 0.2) is 0 Å². The summed E-state index contributed by atoms with van der Waals surface area (Å²) < 4.78 is 215. The van der Waals surface area contributed by atoms with E-state index in [1.54, 1.807) is 6.07 Å². The maximum atomic E-state index is 9.70. The number of rotatable bonds is 4. The van der Waals surface area contributed by atoms with Crippen LogP contribution in [0.4, 0.5) is 0 Å². The standard InChI is InChI=1S/C46H28N4S/c1-5-19-39-34(15-1)35-16-2-6-20-40(35)49(39)32-13-9-11-29(25-32)30-23-24-43-38(27-30)45-46(51-43)44(47-28-48-45)31-12-10-14-33(26-31)50-41-21-7-3-17-36(41)37-18-4-8-22-42(37)50/h1-28H/i1D,2D,3D,4D,5D,6D,7D,8D,9D,10D,11D,12D,13D,14D,15D,16D,17D,18D,19D,20D,21D,22D,25D,26D. The topological polar surface area (TPSA) is 35.6 Å². The van der Waals surface area contributed by atoms with E-state index in [2.05, 4.69) is 9.97 Å². The third kappa shape index (κ3) is 4.25. The van der Waals surface area contributed by atoms with Crippen LogP contribution in [0.2, 0.25) is 0 Å². The lowest BCUT2D eigenvalue weighted by atomic mass is 10.0. The van der Waals surface area contributed by atoms with Crippen LogP contribution in [0.3, 0.4) is 0 Å². The number of fused-ring (bicyclic) bond motifs is 9. The molecule has 0 aliphatic heterocycles. The minimum Gasteiger partial charge on any atom is -0.309 e. The molecule has 11 aromatic rings. The fraction of sp³-hybridized carbons (Fsp3) is 0. The fourth-order valence-corrected chi connectivity index (χ4v) is 7.49. The second-order valence-electron chi connectivity index (χ2n) is 11.2. The van der Waals surface area contributed by atoms with Crippen LogP contribution in [0.1, 0.15) is 32.9 Å². The van der Waals surface area contributed by atoms with E-state index >= 15 is 0 Å². The highest BCUT2D eigenvalue weighted by Gasteiger charge is 2.17. The first-order valence-corrected chi connectivity index (χ1v) is 16.0. The Labute approximate surface area is 330 Å².